The largest absolute Gasteiger partial charge is 0.372 e. The summed E-state index contributed by atoms with van der Waals surface area (Å²) in [5, 5.41) is 2.86. The van der Waals surface area contributed by atoms with Gasteiger partial charge in [0.1, 0.15) is 10.7 Å². The first-order valence-electron chi connectivity index (χ1n) is 7.00. The fraction of sp³-hybridized carbons (Fsp3) is 0.643. The lowest BCUT2D eigenvalue weighted by atomic mass is 9.85. The fourth-order valence-corrected chi connectivity index (χ4v) is 4.19. The van der Waals surface area contributed by atoms with E-state index in [1.807, 2.05) is 0 Å². The molecule has 112 valence electrons. The van der Waals surface area contributed by atoms with Gasteiger partial charge >= 0.3 is 0 Å². The molecule has 1 saturated heterocycles. The Balaban J connectivity index is 2.30. The predicted octanol–water partition coefficient (Wildman–Crippen LogP) is 2.32. The number of anilines is 1. The van der Waals surface area contributed by atoms with Crippen molar-refractivity contribution in [2.75, 3.05) is 25.5 Å². The summed E-state index contributed by atoms with van der Waals surface area (Å²) in [6.45, 7) is 5.57. The van der Waals surface area contributed by atoms with Gasteiger partial charge in [-0.3, -0.25) is 0 Å². The topological polar surface area (TPSA) is 62.3 Å². The second-order valence-electron chi connectivity index (χ2n) is 6.02. The Morgan fingerprint density at radius 1 is 1.30 bits per heavy atom. The van der Waals surface area contributed by atoms with Crippen molar-refractivity contribution in [3.63, 3.8) is 0 Å². The average Bonchev–Trinajstić information content (AvgIpc) is 2.60. The molecule has 1 aromatic heterocycles. The minimum Gasteiger partial charge on any atom is -0.372 e. The van der Waals surface area contributed by atoms with E-state index >= 15 is 0 Å². The van der Waals surface area contributed by atoms with Gasteiger partial charge in [0.25, 0.3) is 0 Å². The van der Waals surface area contributed by atoms with E-state index in [2.05, 4.69) is 24.1 Å². The highest BCUT2D eigenvalue weighted by Gasteiger charge is 2.31. The zero-order valence-electron chi connectivity index (χ0n) is 12.4. The monoisotopic (exact) mass is 297 g/mol. The summed E-state index contributed by atoms with van der Waals surface area (Å²) in [5.41, 5.74) is 0.213. The molecule has 20 heavy (non-hydrogen) atoms. The van der Waals surface area contributed by atoms with Gasteiger partial charge in [0.2, 0.25) is 10.0 Å². The molecule has 0 radical (unpaired) electrons. The summed E-state index contributed by atoms with van der Waals surface area (Å²) in [6.07, 6.45) is 4.45. The standard InChI is InChI=1S/C14H23N3O2S/c1-14(2)7-5-10-17(11-8-14)20(18,19)12-6-4-9-16-13(12)15-3/h4,6,9H,5,7-8,10-11H2,1-3H3,(H,15,16). The SMILES string of the molecule is CNc1ncccc1S(=O)(=O)N1CCCC(C)(C)CC1. The third-order valence-corrected chi connectivity index (χ3v) is 5.85. The van der Waals surface area contributed by atoms with Gasteiger partial charge in [-0.1, -0.05) is 13.8 Å². The van der Waals surface area contributed by atoms with E-state index in [1.165, 1.54) is 0 Å². The van der Waals surface area contributed by atoms with Crippen LogP contribution in [0.1, 0.15) is 33.1 Å². The number of rotatable bonds is 3. The van der Waals surface area contributed by atoms with Gasteiger partial charge in [-0.05, 0) is 36.8 Å². The highest BCUT2D eigenvalue weighted by molar-refractivity contribution is 7.89. The summed E-state index contributed by atoms with van der Waals surface area (Å²) in [7, 11) is -1.78. The first kappa shape index (κ1) is 15.3. The summed E-state index contributed by atoms with van der Waals surface area (Å²) in [6, 6.07) is 3.28. The molecule has 0 saturated carbocycles. The molecule has 2 rings (SSSR count). The van der Waals surface area contributed by atoms with Crippen molar-refractivity contribution in [1.82, 2.24) is 9.29 Å². The van der Waals surface area contributed by atoms with E-state index in [9.17, 15) is 8.42 Å². The van der Waals surface area contributed by atoms with Crippen molar-refractivity contribution in [1.29, 1.82) is 0 Å². The van der Waals surface area contributed by atoms with E-state index < -0.39 is 10.0 Å². The first-order valence-corrected chi connectivity index (χ1v) is 8.44. The summed E-state index contributed by atoms with van der Waals surface area (Å²) in [4.78, 5) is 4.36. The van der Waals surface area contributed by atoms with Crippen LogP contribution in [-0.2, 0) is 10.0 Å². The normalized spacial score (nSPS) is 20.4. The highest BCUT2D eigenvalue weighted by atomic mass is 32.2. The molecule has 1 aliphatic heterocycles. The zero-order chi connectivity index (χ0) is 14.8. The van der Waals surface area contributed by atoms with E-state index in [0.29, 0.717) is 18.9 Å². The Morgan fingerprint density at radius 2 is 2.05 bits per heavy atom. The first-order chi connectivity index (χ1) is 9.37. The van der Waals surface area contributed by atoms with Gasteiger partial charge < -0.3 is 5.32 Å². The molecule has 1 aromatic rings. The smallest absolute Gasteiger partial charge is 0.246 e. The van der Waals surface area contributed by atoms with E-state index in [0.717, 1.165) is 19.3 Å². The zero-order valence-corrected chi connectivity index (χ0v) is 13.2. The second-order valence-corrected chi connectivity index (χ2v) is 7.93. The average molecular weight is 297 g/mol. The van der Waals surface area contributed by atoms with Crippen molar-refractivity contribution in [3.05, 3.63) is 18.3 Å². The molecule has 0 aliphatic carbocycles. The number of hydrogen-bond acceptors (Lipinski definition) is 4. The van der Waals surface area contributed by atoms with Crippen LogP contribution in [0.5, 0.6) is 0 Å². The van der Waals surface area contributed by atoms with Crippen molar-refractivity contribution < 1.29 is 8.42 Å². The van der Waals surface area contributed by atoms with Crippen molar-refractivity contribution in [2.45, 2.75) is 38.0 Å². The number of sulfonamides is 1. The Hall–Kier alpha value is -1.14. The molecule has 0 amide bonds. The number of nitrogens with one attached hydrogen (secondary N) is 1. The molecule has 1 fully saturated rings. The molecule has 2 heterocycles. The third-order valence-electron chi connectivity index (χ3n) is 3.92. The van der Waals surface area contributed by atoms with Crippen LogP contribution in [0.4, 0.5) is 5.82 Å². The van der Waals surface area contributed by atoms with Gasteiger partial charge in [-0.2, -0.15) is 4.31 Å². The van der Waals surface area contributed by atoms with Crippen LogP contribution in [0.3, 0.4) is 0 Å². The Kier molecular flexibility index (Phi) is 4.34. The van der Waals surface area contributed by atoms with Crippen molar-refractivity contribution >= 4 is 15.8 Å². The molecule has 0 bridgehead atoms. The van der Waals surface area contributed by atoms with Gasteiger partial charge in [0.15, 0.2) is 0 Å². The van der Waals surface area contributed by atoms with E-state index in [1.54, 1.807) is 29.7 Å². The molecule has 1 aliphatic rings. The second kappa shape index (κ2) is 5.69. The maximum Gasteiger partial charge on any atom is 0.246 e. The van der Waals surface area contributed by atoms with E-state index in [4.69, 9.17) is 0 Å². The number of aromatic nitrogens is 1. The molecule has 0 unspecified atom stereocenters. The minimum atomic E-state index is -3.47. The molecule has 1 N–H and O–H groups in total. The van der Waals surface area contributed by atoms with Gasteiger partial charge in [0, 0.05) is 26.3 Å². The van der Waals surface area contributed by atoms with Gasteiger partial charge in [0.05, 0.1) is 0 Å². The Bertz CT molecular complexity index is 570. The maximum atomic E-state index is 12.8. The maximum absolute atomic E-state index is 12.8. The molecule has 0 spiro atoms. The highest BCUT2D eigenvalue weighted by Crippen LogP contribution is 2.32. The minimum absolute atomic E-state index is 0.213. The molecular formula is C14H23N3O2S. The number of nitrogens with zero attached hydrogens (tertiary/aromatic N) is 2. The van der Waals surface area contributed by atoms with Crippen LogP contribution in [0, 0.1) is 5.41 Å². The fourth-order valence-electron chi connectivity index (χ4n) is 2.56. The van der Waals surface area contributed by atoms with Crippen molar-refractivity contribution in [2.24, 2.45) is 5.41 Å². The predicted molar refractivity (Wildman–Crippen MR) is 80.2 cm³/mol. The van der Waals surface area contributed by atoms with Gasteiger partial charge in [-0.25, -0.2) is 13.4 Å². The summed E-state index contributed by atoms with van der Waals surface area (Å²) >= 11 is 0. The lowest BCUT2D eigenvalue weighted by molar-refractivity contribution is 0.315. The molecule has 0 aromatic carbocycles. The van der Waals surface area contributed by atoms with Crippen LogP contribution in [0.2, 0.25) is 0 Å². The summed E-state index contributed by atoms with van der Waals surface area (Å²) in [5.74, 6) is 0.413. The van der Waals surface area contributed by atoms with Crippen LogP contribution in [0.15, 0.2) is 23.2 Å². The molecule has 5 nitrogen and oxygen atoms in total. The summed E-state index contributed by atoms with van der Waals surface area (Å²) < 4.78 is 27.2. The number of hydrogen-bond donors (Lipinski definition) is 1. The quantitative estimate of drug-likeness (QED) is 0.930. The lowest BCUT2D eigenvalue weighted by Gasteiger charge is -2.23. The Morgan fingerprint density at radius 3 is 2.75 bits per heavy atom. The van der Waals surface area contributed by atoms with Crippen LogP contribution in [-0.4, -0.2) is 37.8 Å². The molecular weight excluding hydrogens is 274 g/mol. The van der Waals surface area contributed by atoms with Gasteiger partial charge in [-0.15, -0.1) is 0 Å². The molecule has 6 heteroatoms. The Labute approximate surface area is 121 Å². The van der Waals surface area contributed by atoms with Crippen LogP contribution >= 0.6 is 0 Å². The van der Waals surface area contributed by atoms with Crippen LogP contribution in [0.25, 0.3) is 0 Å². The van der Waals surface area contributed by atoms with Crippen molar-refractivity contribution in [3.8, 4) is 0 Å². The van der Waals surface area contributed by atoms with Crippen LogP contribution < -0.4 is 5.32 Å². The molecule has 0 atom stereocenters. The lowest BCUT2D eigenvalue weighted by Crippen LogP contribution is -2.33. The third kappa shape index (κ3) is 3.12. The number of pyridine rings is 1. The van der Waals surface area contributed by atoms with E-state index in [-0.39, 0.29) is 10.3 Å².